The van der Waals surface area contributed by atoms with Crippen molar-refractivity contribution in [2.75, 3.05) is 18.4 Å². The molecule has 0 heterocycles. The van der Waals surface area contributed by atoms with E-state index >= 15 is 0 Å². The van der Waals surface area contributed by atoms with E-state index < -0.39 is 0 Å². The minimum Gasteiger partial charge on any atom is -0.347 e. The van der Waals surface area contributed by atoms with Crippen molar-refractivity contribution in [3.63, 3.8) is 0 Å². The number of fused-ring (bicyclic) bond motifs is 1. The Morgan fingerprint density at radius 3 is 2.64 bits per heavy atom. The fourth-order valence-corrected chi connectivity index (χ4v) is 3.49. The van der Waals surface area contributed by atoms with E-state index in [1.807, 2.05) is 42.5 Å². The van der Waals surface area contributed by atoms with Crippen LogP contribution in [0.2, 0.25) is 0 Å². The third kappa shape index (κ3) is 4.50. The molecule has 134 valence electrons. The monoisotopic (exact) mass is 361 g/mol. The van der Waals surface area contributed by atoms with Crippen LogP contribution in [0.4, 0.5) is 5.69 Å². The standard InChI is InChI=1S/C19H23N3O2.ClH/c20-11-14-7-3-9-16(14)19(24)21-12-18(23)22-17-10-4-6-13-5-1-2-8-15(13)17;/h1-2,4-6,8,10,14,16H,3,7,9,11-12,20H2,(H,21,24)(H,22,23);1H/t14-,16-;/m1./s1. The number of amides is 2. The number of hydrogen-bond donors (Lipinski definition) is 3. The lowest BCUT2D eigenvalue weighted by Gasteiger charge is -2.17. The summed E-state index contributed by atoms with van der Waals surface area (Å²) in [5.74, 6) is -0.0931. The van der Waals surface area contributed by atoms with Crippen molar-refractivity contribution in [2.45, 2.75) is 19.3 Å². The Morgan fingerprint density at radius 1 is 1.08 bits per heavy atom. The lowest BCUT2D eigenvalue weighted by atomic mass is 9.95. The third-order valence-corrected chi connectivity index (χ3v) is 4.79. The first-order valence-electron chi connectivity index (χ1n) is 8.44. The Labute approximate surface area is 153 Å². The number of carbonyl (C=O) groups excluding carboxylic acids is 2. The summed E-state index contributed by atoms with van der Waals surface area (Å²) in [6.07, 6.45) is 2.89. The summed E-state index contributed by atoms with van der Waals surface area (Å²) >= 11 is 0. The van der Waals surface area contributed by atoms with E-state index in [9.17, 15) is 9.59 Å². The minimum atomic E-state index is -0.220. The Bertz CT molecular complexity index is 745. The van der Waals surface area contributed by atoms with Crippen molar-refractivity contribution in [3.8, 4) is 0 Å². The maximum Gasteiger partial charge on any atom is 0.243 e. The van der Waals surface area contributed by atoms with Gasteiger partial charge in [0.05, 0.1) is 6.54 Å². The minimum absolute atomic E-state index is 0. The van der Waals surface area contributed by atoms with Gasteiger partial charge in [-0.05, 0) is 36.8 Å². The summed E-state index contributed by atoms with van der Waals surface area (Å²) in [6.45, 7) is 0.510. The van der Waals surface area contributed by atoms with Gasteiger partial charge in [-0.3, -0.25) is 9.59 Å². The molecule has 5 nitrogen and oxygen atoms in total. The Balaban J connectivity index is 0.00000225. The van der Waals surface area contributed by atoms with Crippen LogP contribution in [-0.4, -0.2) is 24.9 Å². The zero-order chi connectivity index (χ0) is 16.9. The predicted molar refractivity (Wildman–Crippen MR) is 103 cm³/mol. The fourth-order valence-electron chi connectivity index (χ4n) is 3.49. The molecule has 25 heavy (non-hydrogen) atoms. The highest BCUT2D eigenvalue weighted by Gasteiger charge is 2.31. The van der Waals surface area contributed by atoms with Gasteiger partial charge in [-0.15, -0.1) is 12.4 Å². The molecule has 2 aromatic carbocycles. The zero-order valence-corrected chi connectivity index (χ0v) is 14.9. The van der Waals surface area contributed by atoms with Crippen LogP contribution in [0.3, 0.4) is 0 Å². The van der Waals surface area contributed by atoms with Crippen LogP contribution >= 0.6 is 12.4 Å². The second kappa shape index (κ2) is 8.83. The van der Waals surface area contributed by atoms with Crippen LogP contribution in [0.25, 0.3) is 10.8 Å². The van der Waals surface area contributed by atoms with E-state index in [-0.39, 0.29) is 42.6 Å². The normalized spacial score (nSPS) is 19.2. The Kier molecular flexibility index (Phi) is 6.79. The smallest absolute Gasteiger partial charge is 0.243 e. The van der Waals surface area contributed by atoms with Crippen LogP contribution < -0.4 is 16.4 Å². The molecule has 0 radical (unpaired) electrons. The van der Waals surface area contributed by atoms with Gasteiger partial charge in [0, 0.05) is 17.0 Å². The average Bonchev–Trinajstić information content (AvgIpc) is 3.09. The molecule has 4 N–H and O–H groups in total. The van der Waals surface area contributed by atoms with Gasteiger partial charge in [0.1, 0.15) is 0 Å². The van der Waals surface area contributed by atoms with Crippen molar-refractivity contribution in [3.05, 3.63) is 42.5 Å². The number of anilines is 1. The van der Waals surface area contributed by atoms with E-state index in [4.69, 9.17) is 5.73 Å². The molecule has 1 saturated carbocycles. The van der Waals surface area contributed by atoms with Gasteiger partial charge in [-0.1, -0.05) is 42.8 Å². The van der Waals surface area contributed by atoms with Gasteiger partial charge >= 0.3 is 0 Å². The molecule has 2 amide bonds. The van der Waals surface area contributed by atoms with Gasteiger partial charge in [0.2, 0.25) is 11.8 Å². The van der Waals surface area contributed by atoms with E-state index in [1.54, 1.807) is 0 Å². The highest BCUT2D eigenvalue weighted by atomic mass is 35.5. The molecule has 1 aliphatic rings. The van der Waals surface area contributed by atoms with Gasteiger partial charge in [0.25, 0.3) is 0 Å². The van der Waals surface area contributed by atoms with Gasteiger partial charge in [-0.2, -0.15) is 0 Å². The quantitative estimate of drug-likeness (QED) is 0.765. The van der Waals surface area contributed by atoms with Crippen LogP contribution in [-0.2, 0) is 9.59 Å². The van der Waals surface area contributed by atoms with Crippen molar-refractivity contribution >= 4 is 40.7 Å². The van der Waals surface area contributed by atoms with Crippen LogP contribution in [0.5, 0.6) is 0 Å². The molecular weight excluding hydrogens is 338 g/mol. The summed E-state index contributed by atoms with van der Waals surface area (Å²) in [7, 11) is 0. The number of carbonyl (C=O) groups is 2. The highest BCUT2D eigenvalue weighted by Crippen LogP contribution is 2.30. The number of hydrogen-bond acceptors (Lipinski definition) is 3. The molecule has 2 atom stereocenters. The van der Waals surface area contributed by atoms with Gasteiger partial charge in [0.15, 0.2) is 0 Å². The first kappa shape index (κ1) is 19.2. The van der Waals surface area contributed by atoms with Gasteiger partial charge in [-0.25, -0.2) is 0 Å². The number of rotatable bonds is 5. The van der Waals surface area contributed by atoms with E-state index in [1.165, 1.54) is 0 Å². The topological polar surface area (TPSA) is 84.2 Å². The SMILES string of the molecule is Cl.NC[C@H]1CCC[C@H]1C(=O)NCC(=O)Nc1cccc2ccccc12. The molecule has 0 aromatic heterocycles. The predicted octanol–water partition coefficient (Wildman–Crippen LogP) is 2.69. The first-order chi connectivity index (χ1) is 11.7. The first-order valence-corrected chi connectivity index (χ1v) is 8.44. The summed E-state index contributed by atoms with van der Waals surface area (Å²) in [6, 6.07) is 13.6. The highest BCUT2D eigenvalue weighted by molar-refractivity contribution is 6.03. The summed E-state index contributed by atoms with van der Waals surface area (Å²) < 4.78 is 0. The van der Waals surface area contributed by atoms with E-state index in [0.29, 0.717) is 6.54 Å². The molecule has 0 spiro atoms. The summed E-state index contributed by atoms with van der Waals surface area (Å²) in [4.78, 5) is 24.4. The molecule has 0 aliphatic heterocycles. The van der Waals surface area contributed by atoms with E-state index in [2.05, 4.69) is 10.6 Å². The average molecular weight is 362 g/mol. The lowest BCUT2D eigenvalue weighted by molar-refractivity contribution is -0.128. The van der Waals surface area contributed by atoms with E-state index in [0.717, 1.165) is 35.7 Å². The second-order valence-corrected chi connectivity index (χ2v) is 6.33. The second-order valence-electron chi connectivity index (χ2n) is 6.33. The molecule has 0 unspecified atom stereocenters. The van der Waals surface area contributed by atoms with Crippen molar-refractivity contribution in [1.82, 2.24) is 5.32 Å². The largest absolute Gasteiger partial charge is 0.347 e. The Hall–Kier alpha value is -2.11. The van der Waals surface area contributed by atoms with Gasteiger partial charge < -0.3 is 16.4 Å². The van der Waals surface area contributed by atoms with Crippen LogP contribution in [0.15, 0.2) is 42.5 Å². The molecule has 3 rings (SSSR count). The van der Waals surface area contributed by atoms with Crippen LogP contribution in [0, 0.1) is 11.8 Å². The van der Waals surface area contributed by atoms with Crippen molar-refractivity contribution < 1.29 is 9.59 Å². The van der Waals surface area contributed by atoms with Crippen molar-refractivity contribution in [1.29, 1.82) is 0 Å². The fraction of sp³-hybridized carbons (Fsp3) is 0.368. The number of nitrogens with one attached hydrogen (secondary N) is 2. The van der Waals surface area contributed by atoms with Crippen LogP contribution in [0.1, 0.15) is 19.3 Å². The molecule has 2 aromatic rings. The third-order valence-electron chi connectivity index (χ3n) is 4.79. The number of nitrogens with two attached hydrogens (primary N) is 1. The molecular formula is C19H24ClN3O2. The maximum absolute atomic E-state index is 12.2. The molecule has 0 saturated heterocycles. The molecule has 0 bridgehead atoms. The molecule has 6 heteroatoms. The zero-order valence-electron chi connectivity index (χ0n) is 14.0. The lowest BCUT2D eigenvalue weighted by Crippen LogP contribution is -2.39. The molecule has 1 aliphatic carbocycles. The summed E-state index contributed by atoms with van der Waals surface area (Å²) in [5.41, 5.74) is 6.47. The Morgan fingerprint density at radius 2 is 1.84 bits per heavy atom. The number of benzene rings is 2. The molecule has 1 fully saturated rings. The maximum atomic E-state index is 12.2. The summed E-state index contributed by atoms with van der Waals surface area (Å²) in [5, 5.41) is 7.68. The van der Waals surface area contributed by atoms with Crippen molar-refractivity contribution in [2.24, 2.45) is 17.6 Å². The number of halogens is 1.